The van der Waals surface area contributed by atoms with Crippen molar-refractivity contribution in [1.29, 1.82) is 0 Å². The van der Waals surface area contributed by atoms with Crippen LogP contribution in [-0.2, 0) is 6.54 Å². The maximum absolute atomic E-state index is 6.10. The fourth-order valence-electron chi connectivity index (χ4n) is 2.18. The van der Waals surface area contributed by atoms with Crippen LogP contribution in [0.25, 0.3) is 0 Å². The molecule has 0 aliphatic heterocycles. The van der Waals surface area contributed by atoms with Gasteiger partial charge in [-0.25, -0.2) is 0 Å². The molecule has 2 heteroatoms. The van der Waals surface area contributed by atoms with Gasteiger partial charge < -0.3 is 10.1 Å². The van der Waals surface area contributed by atoms with Crippen molar-refractivity contribution in [2.75, 3.05) is 13.2 Å². The van der Waals surface area contributed by atoms with Crippen LogP contribution < -0.4 is 10.1 Å². The molecule has 108 valence electrons. The summed E-state index contributed by atoms with van der Waals surface area (Å²) in [7, 11) is 0. The molecule has 1 N–H and O–H groups in total. The predicted molar refractivity (Wildman–Crippen MR) is 82.7 cm³/mol. The highest BCUT2D eigenvalue weighted by molar-refractivity contribution is 5.40. The first-order valence-corrected chi connectivity index (χ1v) is 7.64. The molecule has 0 amide bonds. The highest BCUT2D eigenvalue weighted by atomic mass is 16.5. The predicted octanol–water partition coefficient (Wildman–Crippen LogP) is 4.31. The topological polar surface area (TPSA) is 21.3 Å². The second-order valence-electron chi connectivity index (χ2n) is 5.23. The summed E-state index contributed by atoms with van der Waals surface area (Å²) in [6.07, 6.45) is 3.54. The Bertz CT molecular complexity index is 358. The molecule has 1 aromatic carbocycles. The number of hydrogen-bond donors (Lipinski definition) is 1. The number of nitrogens with one attached hydrogen (secondary N) is 1. The summed E-state index contributed by atoms with van der Waals surface area (Å²) in [6.45, 7) is 11.6. The summed E-state index contributed by atoms with van der Waals surface area (Å²) in [5.41, 5.74) is 2.51. The van der Waals surface area contributed by atoms with Crippen LogP contribution in [0.4, 0.5) is 0 Å². The van der Waals surface area contributed by atoms with Gasteiger partial charge in [-0.05, 0) is 31.4 Å². The first-order chi connectivity index (χ1) is 9.22. The van der Waals surface area contributed by atoms with E-state index >= 15 is 0 Å². The largest absolute Gasteiger partial charge is 0.493 e. The molecule has 0 atom stereocenters. The molecular formula is C17H29NO. The van der Waals surface area contributed by atoms with Gasteiger partial charge in [0.05, 0.1) is 6.61 Å². The Morgan fingerprint density at radius 1 is 1.16 bits per heavy atom. The lowest BCUT2D eigenvalue weighted by Crippen LogP contribution is -2.16. The number of rotatable bonds is 9. The van der Waals surface area contributed by atoms with E-state index in [0.717, 1.165) is 31.9 Å². The molecule has 0 aliphatic rings. The standard InChI is InChI=1S/C17H29NO/c1-5-11-18-12-16-10-8-9-14(4)17(16)19-13-15(6-2)7-3/h8-10,15,18H,5-7,11-13H2,1-4H3. The fraction of sp³-hybridized carbons (Fsp3) is 0.647. The third-order valence-electron chi connectivity index (χ3n) is 3.65. The minimum absolute atomic E-state index is 0.663. The van der Waals surface area contributed by atoms with Crippen molar-refractivity contribution < 1.29 is 4.74 Å². The molecule has 19 heavy (non-hydrogen) atoms. The molecule has 0 radical (unpaired) electrons. The Morgan fingerprint density at radius 2 is 1.89 bits per heavy atom. The van der Waals surface area contributed by atoms with Gasteiger partial charge in [-0.3, -0.25) is 0 Å². The average molecular weight is 263 g/mol. The third-order valence-corrected chi connectivity index (χ3v) is 3.65. The number of hydrogen-bond acceptors (Lipinski definition) is 2. The van der Waals surface area contributed by atoms with Crippen molar-refractivity contribution in [2.24, 2.45) is 5.92 Å². The van der Waals surface area contributed by atoms with E-state index < -0.39 is 0 Å². The van der Waals surface area contributed by atoms with Gasteiger partial charge in [-0.15, -0.1) is 0 Å². The van der Waals surface area contributed by atoms with Crippen molar-refractivity contribution in [2.45, 2.75) is 53.5 Å². The van der Waals surface area contributed by atoms with E-state index in [0.29, 0.717) is 5.92 Å². The fourth-order valence-corrected chi connectivity index (χ4v) is 2.18. The van der Waals surface area contributed by atoms with Gasteiger partial charge >= 0.3 is 0 Å². The normalized spacial score (nSPS) is 11.0. The Labute approximate surface area is 118 Å². The molecule has 0 bridgehead atoms. The van der Waals surface area contributed by atoms with Crippen molar-refractivity contribution in [3.05, 3.63) is 29.3 Å². The Hall–Kier alpha value is -1.02. The highest BCUT2D eigenvalue weighted by Gasteiger charge is 2.10. The molecule has 0 aliphatic carbocycles. The molecule has 2 nitrogen and oxygen atoms in total. The summed E-state index contributed by atoms with van der Waals surface area (Å²) in [5.74, 6) is 1.74. The van der Waals surface area contributed by atoms with Gasteiger partial charge in [0.25, 0.3) is 0 Å². The highest BCUT2D eigenvalue weighted by Crippen LogP contribution is 2.24. The summed E-state index contributed by atoms with van der Waals surface area (Å²) in [4.78, 5) is 0. The van der Waals surface area contributed by atoms with E-state index in [2.05, 4.69) is 51.2 Å². The van der Waals surface area contributed by atoms with Crippen LogP contribution in [0.2, 0.25) is 0 Å². The molecule has 0 unspecified atom stereocenters. The minimum Gasteiger partial charge on any atom is -0.493 e. The lowest BCUT2D eigenvalue weighted by Gasteiger charge is -2.18. The zero-order valence-corrected chi connectivity index (χ0v) is 13.0. The number of aryl methyl sites for hydroxylation is 1. The minimum atomic E-state index is 0.663. The monoisotopic (exact) mass is 263 g/mol. The molecule has 0 spiro atoms. The smallest absolute Gasteiger partial charge is 0.126 e. The van der Waals surface area contributed by atoms with E-state index in [1.807, 2.05) is 0 Å². The van der Waals surface area contributed by atoms with Gasteiger partial charge in [0.15, 0.2) is 0 Å². The van der Waals surface area contributed by atoms with E-state index in [9.17, 15) is 0 Å². The second-order valence-corrected chi connectivity index (χ2v) is 5.23. The summed E-state index contributed by atoms with van der Waals surface area (Å²) < 4.78 is 6.10. The number of benzene rings is 1. The van der Waals surface area contributed by atoms with Crippen LogP contribution >= 0.6 is 0 Å². The van der Waals surface area contributed by atoms with Crippen molar-refractivity contribution in [3.8, 4) is 5.75 Å². The SMILES string of the molecule is CCCNCc1cccc(C)c1OCC(CC)CC. The van der Waals surface area contributed by atoms with E-state index in [1.165, 1.54) is 24.0 Å². The van der Waals surface area contributed by atoms with E-state index in [1.54, 1.807) is 0 Å². The summed E-state index contributed by atoms with van der Waals surface area (Å²) in [6, 6.07) is 6.41. The van der Waals surface area contributed by atoms with Gasteiger partial charge in [0, 0.05) is 12.1 Å². The van der Waals surface area contributed by atoms with Crippen molar-refractivity contribution >= 4 is 0 Å². The first-order valence-electron chi connectivity index (χ1n) is 7.64. The van der Waals surface area contributed by atoms with Crippen LogP contribution in [0, 0.1) is 12.8 Å². The first kappa shape index (κ1) is 16.0. The zero-order chi connectivity index (χ0) is 14.1. The third kappa shape index (κ3) is 5.23. The van der Waals surface area contributed by atoms with E-state index in [-0.39, 0.29) is 0 Å². The Kier molecular flexibility index (Phi) is 7.57. The Balaban J connectivity index is 2.68. The van der Waals surface area contributed by atoms with Crippen LogP contribution in [0.3, 0.4) is 0 Å². The molecule has 1 rings (SSSR count). The molecule has 0 saturated heterocycles. The van der Waals surface area contributed by atoms with Crippen LogP contribution in [0.15, 0.2) is 18.2 Å². The maximum atomic E-state index is 6.10. The van der Waals surface area contributed by atoms with Gasteiger partial charge in [-0.2, -0.15) is 0 Å². The van der Waals surface area contributed by atoms with Gasteiger partial charge in [-0.1, -0.05) is 51.8 Å². The number of para-hydroxylation sites is 1. The van der Waals surface area contributed by atoms with Crippen LogP contribution in [-0.4, -0.2) is 13.2 Å². The van der Waals surface area contributed by atoms with Gasteiger partial charge in [0.2, 0.25) is 0 Å². The van der Waals surface area contributed by atoms with Crippen molar-refractivity contribution in [3.63, 3.8) is 0 Å². The maximum Gasteiger partial charge on any atom is 0.126 e. The lowest BCUT2D eigenvalue weighted by molar-refractivity contribution is 0.237. The summed E-state index contributed by atoms with van der Waals surface area (Å²) >= 11 is 0. The second kappa shape index (κ2) is 8.98. The molecule has 0 fully saturated rings. The van der Waals surface area contributed by atoms with Crippen LogP contribution in [0.1, 0.15) is 51.2 Å². The Morgan fingerprint density at radius 3 is 2.53 bits per heavy atom. The number of ether oxygens (including phenoxy) is 1. The quantitative estimate of drug-likeness (QED) is 0.670. The lowest BCUT2D eigenvalue weighted by atomic mass is 10.0. The molecular weight excluding hydrogens is 234 g/mol. The molecule has 0 saturated carbocycles. The zero-order valence-electron chi connectivity index (χ0n) is 13.0. The average Bonchev–Trinajstić information content (AvgIpc) is 2.42. The van der Waals surface area contributed by atoms with Gasteiger partial charge in [0.1, 0.15) is 5.75 Å². The van der Waals surface area contributed by atoms with Crippen molar-refractivity contribution in [1.82, 2.24) is 5.32 Å². The van der Waals surface area contributed by atoms with Crippen LogP contribution in [0.5, 0.6) is 5.75 Å². The summed E-state index contributed by atoms with van der Waals surface area (Å²) in [5, 5.41) is 3.45. The van der Waals surface area contributed by atoms with E-state index in [4.69, 9.17) is 4.74 Å². The molecule has 1 aromatic rings. The molecule has 0 aromatic heterocycles. The molecule has 0 heterocycles.